The molecule has 0 radical (unpaired) electrons. The van der Waals surface area contributed by atoms with Crippen LogP contribution in [0.2, 0.25) is 6.55 Å². The van der Waals surface area contributed by atoms with Gasteiger partial charge in [0, 0.05) is 0 Å². The van der Waals surface area contributed by atoms with Crippen molar-refractivity contribution in [3.8, 4) is 0 Å². The van der Waals surface area contributed by atoms with Crippen molar-refractivity contribution in [1.29, 1.82) is 0 Å². The van der Waals surface area contributed by atoms with Gasteiger partial charge in [0.1, 0.15) is 0 Å². The standard InChI is InChI=1S/C9H18OSi/c1-11(10)8-7-9-5-3-2-4-6-9/h7-11H,2-6H2,1H3. The van der Waals surface area contributed by atoms with Gasteiger partial charge in [-0.2, -0.15) is 0 Å². The lowest BCUT2D eigenvalue weighted by atomic mass is 9.90. The van der Waals surface area contributed by atoms with E-state index in [-0.39, 0.29) is 0 Å². The Balaban J connectivity index is 2.23. The summed E-state index contributed by atoms with van der Waals surface area (Å²) in [6, 6.07) is 0. The van der Waals surface area contributed by atoms with Crippen molar-refractivity contribution in [3.05, 3.63) is 11.8 Å². The molecule has 1 unspecified atom stereocenters. The predicted molar refractivity (Wildman–Crippen MR) is 50.9 cm³/mol. The lowest BCUT2D eigenvalue weighted by Gasteiger charge is -2.17. The maximum absolute atomic E-state index is 9.14. The molecule has 1 aliphatic rings. The third kappa shape index (κ3) is 3.73. The van der Waals surface area contributed by atoms with Gasteiger partial charge in [-0.3, -0.25) is 0 Å². The average Bonchev–Trinajstić information content (AvgIpc) is 2.03. The molecule has 1 saturated carbocycles. The maximum Gasteiger partial charge on any atom is 0.193 e. The van der Waals surface area contributed by atoms with Crippen molar-refractivity contribution in [1.82, 2.24) is 0 Å². The van der Waals surface area contributed by atoms with Gasteiger partial charge in [0.25, 0.3) is 0 Å². The Morgan fingerprint density at radius 3 is 2.45 bits per heavy atom. The average molecular weight is 170 g/mol. The Bertz CT molecular complexity index is 126. The smallest absolute Gasteiger partial charge is 0.193 e. The van der Waals surface area contributed by atoms with Crippen LogP contribution in [0.1, 0.15) is 32.1 Å². The van der Waals surface area contributed by atoms with Crippen LogP contribution in [0.4, 0.5) is 0 Å². The molecule has 1 atom stereocenters. The quantitative estimate of drug-likeness (QED) is 0.629. The molecule has 0 aromatic rings. The molecule has 11 heavy (non-hydrogen) atoms. The van der Waals surface area contributed by atoms with Gasteiger partial charge in [-0.1, -0.05) is 31.0 Å². The van der Waals surface area contributed by atoms with Crippen LogP contribution >= 0.6 is 0 Å². The van der Waals surface area contributed by atoms with Crippen molar-refractivity contribution < 1.29 is 4.80 Å². The Morgan fingerprint density at radius 1 is 1.27 bits per heavy atom. The van der Waals surface area contributed by atoms with E-state index in [0.717, 1.165) is 5.92 Å². The molecular formula is C9H18OSi. The van der Waals surface area contributed by atoms with Crippen LogP contribution in [0.25, 0.3) is 0 Å². The summed E-state index contributed by atoms with van der Waals surface area (Å²) in [5.74, 6) is 0.783. The van der Waals surface area contributed by atoms with Crippen molar-refractivity contribution in [2.45, 2.75) is 38.7 Å². The van der Waals surface area contributed by atoms with Gasteiger partial charge in [0.15, 0.2) is 9.04 Å². The minimum absolute atomic E-state index is 0.783. The summed E-state index contributed by atoms with van der Waals surface area (Å²) in [7, 11) is -1.42. The van der Waals surface area contributed by atoms with E-state index in [1.807, 2.05) is 6.55 Å². The van der Waals surface area contributed by atoms with Gasteiger partial charge in [0.2, 0.25) is 0 Å². The second-order valence-corrected chi connectivity index (χ2v) is 5.39. The van der Waals surface area contributed by atoms with Gasteiger partial charge >= 0.3 is 0 Å². The summed E-state index contributed by atoms with van der Waals surface area (Å²) in [5, 5.41) is 0. The SMILES string of the molecule is C[SiH](O)C=CC1CCCCC1. The van der Waals surface area contributed by atoms with E-state index >= 15 is 0 Å². The molecule has 0 aliphatic heterocycles. The largest absolute Gasteiger partial charge is 0.431 e. The van der Waals surface area contributed by atoms with Crippen LogP contribution in [0.5, 0.6) is 0 Å². The van der Waals surface area contributed by atoms with Crippen LogP contribution in [0.15, 0.2) is 11.8 Å². The fraction of sp³-hybridized carbons (Fsp3) is 0.778. The lowest BCUT2D eigenvalue weighted by Crippen LogP contribution is -2.06. The monoisotopic (exact) mass is 170 g/mol. The molecule has 1 N–H and O–H groups in total. The van der Waals surface area contributed by atoms with E-state index in [1.54, 1.807) is 0 Å². The highest BCUT2D eigenvalue weighted by Crippen LogP contribution is 2.24. The zero-order valence-corrected chi connectivity index (χ0v) is 8.45. The second-order valence-electron chi connectivity index (χ2n) is 3.52. The summed E-state index contributed by atoms with van der Waals surface area (Å²) < 4.78 is 0. The molecule has 1 fully saturated rings. The third-order valence-electron chi connectivity index (χ3n) is 2.31. The van der Waals surface area contributed by atoms with Gasteiger partial charge in [0.05, 0.1) is 0 Å². The van der Waals surface area contributed by atoms with Gasteiger partial charge < -0.3 is 4.80 Å². The van der Waals surface area contributed by atoms with Crippen molar-refractivity contribution >= 4 is 9.04 Å². The molecule has 1 nitrogen and oxygen atoms in total. The fourth-order valence-electron chi connectivity index (χ4n) is 1.64. The molecule has 0 spiro atoms. The van der Waals surface area contributed by atoms with E-state index in [4.69, 9.17) is 4.80 Å². The number of rotatable bonds is 2. The molecule has 0 aromatic heterocycles. The second kappa shape index (κ2) is 4.73. The molecule has 0 heterocycles. The molecule has 0 aromatic carbocycles. The zero-order valence-electron chi connectivity index (χ0n) is 7.29. The highest BCUT2D eigenvalue weighted by Gasteiger charge is 2.09. The van der Waals surface area contributed by atoms with E-state index in [0.29, 0.717) is 0 Å². The number of hydrogen-bond acceptors (Lipinski definition) is 1. The van der Waals surface area contributed by atoms with E-state index in [2.05, 4.69) is 11.8 Å². The Morgan fingerprint density at radius 2 is 1.91 bits per heavy atom. The number of allylic oxidation sites excluding steroid dienone is 1. The minimum Gasteiger partial charge on any atom is -0.431 e. The van der Waals surface area contributed by atoms with E-state index < -0.39 is 9.04 Å². The first-order valence-electron chi connectivity index (χ1n) is 4.65. The van der Waals surface area contributed by atoms with Crippen molar-refractivity contribution in [2.75, 3.05) is 0 Å². The highest BCUT2D eigenvalue weighted by molar-refractivity contribution is 6.54. The molecule has 1 aliphatic carbocycles. The molecule has 0 saturated heterocycles. The van der Waals surface area contributed by atoms with Crippen molar-refractivity contribution in [2.24, 2.45) is 5.92 Å². The molecular weight excluding hydrogens is 152 g/mol. The number of hydrogen-bond donors (Lipinski definition) is 1. The third-order valence-corrected chi connectivity index (χ3v) is 3.09. The molecule has 0 bridgehead atoms. The topological polar surface area (TPSA) is 20.2 Å². The Hall–Kier alpha value is -0.0831. The highest BCUT2D eigenvalue weighted by atomic mass is 28.3. The van der Waals surface area contributed by atoms with Gasteiger partial charge in [-0.05, 0) is 25.3 Å². The van der Waals surface area contributed by atoms with E-state index in [9.17, 15) is 0 Å². The fourth-order valence-corrected chi connectivity index (χ4v) is 2.28. The summed E-state index contributed by atoms with van der Waals surface area (Å²) in [6.07, 6.45) is 9.12. The van der Waals surface area contributed by atoms with Gasteiger partial charge in [-0.15, -0.1) is 0 Å². The van der Waals surface area contributed by atoms with Crippen LogP contribution in [0, 0.1) is 5.92 Å². The molecule has 1 rings (SSSR count). The normalized spacial score (nSPS) is 24.2. The molecule has 0 amide bonds. The lowest BCUT2D eigenvalue weighted by molar-refractivity contribution is 0.419. The first-order chi connectivity index (χ1) is 5.29. The zero-order chi connectivity index (χ0) is 8.10. The summed E-state index contributed by atoms with van der Waals surface area (Å²) in [5.41, 5.74) is 2.05. The summed E-state index contributed by atoms with van der Waals surface area (Å²) >= 11 is 0. The summed E-state index contributed by atoms with van der Waals surface area (Å²) in [4.78, 5) is 9.14. The molecule has 64 valence electrons. The van der Waals surface area contributed by atoms with Crippen LogP contribution in [-0.4, -0.2) is 13.8 Å². The van der Waals surface area contributed by atoms with Gasteiger partial charge in [-0.25, -0.2) is 0 Å². The van der Waals surface area contributed by atoms with E-state index in [1.165, 1.54) is 32.1 Å². The minimum atomic E-state index is -1.42. The first kappa shape index (κ1) is 9.01. The Kier molecular flexibility index (Phi) is 3.87. The maximum atomic E-state index is 9.14. The molecule has 2 heteroatoms. The van der Waals surface area contributed by atoms with Crippen LogP contribution in [-0.2, 0) is 0 Å². The summed E-state index contributed by atoms with van der Waals surface area (Å²) in [6.45, 7) is 1.94. The van der Waals surface area contributed by atoms with Crippen LogP contribution < -0.4 is 0 Å². The van der Waals surface area contributed by atoms with Crippen molar-refractivity contribution in [3.63, 3.8) is 0 Å². The van der Waals surface area contributed by atoms with Crippen LogP contribution in [0.3, 0.4) is 0 Å². The predicted octanol–water partition coefficient (Wildman–Crippen LogP) is 2.01. The Labute approximate surface area is 70.9 Å². The first-order valence-corrected chi connectivity index (χ1v) is 6.99.